The minimum Gasteiger partial charge on any atom is -0.450 e. The van der Waals surface area contributed by atoms with E-state index in [1.54, 1.807) is 25.3 Å². The molecular formula is C14H14BrN3O2. The van der Waals surface area contributed by atoms with Gasteiger partial charge in [-0.15, -0.1) is 0 Å². The van der Waals surface area contributed by atoms with Crippen molar-refractivity contribution in [2.45, 2.75) is 6.92 Å². The number of hydrogen-bond acceptors (Lipinski definition) is 4. The first-order valence-electron chi connectivity index (χ1n) is 6.10. The third-order valence-corrected chi connectivity index (χ3v) is 2.93. The number of pyridine rings is 1. The number of hydrogen-bond donors (Lipinski definition) is 2. The minimum absolute atomic E-state index is 0.336. The Kier molecular flexibility index (Phi) is 4.95. The van der Waals surface area contributed by atoms with Gasteiger partial charge in [0.15, 0.2) is 0 Å². The van der Waals surface area contributed by atoms with Gasteiger partial charge in [0.25, 0.3) is 0 Å². The summed E-state index contributed by atoms with van der Waals surface area (Å²) in [6.45, 7) is 2.09. The van der Waals surface area contributed by atoms with Crippen molar-refractivity contribution < 1.29 is 9.53 Å². The molecule has 1 aromatic heterocycles. The van der Waals surface area contributed by atoms with E-state index in [-0.39, 0.29) is 0 Å². The topological polar surface area (TPSA) is 63.2 Å². The lowest BCUT2D eigenvalue weighted by atomic mass is 10.3. The standard InChI is InChI=1S/C14H14BrN3O2/c1-2-20-14(19)18-12-7-8-13(16-9-12)17-11-5-3-10(15)4-6-11/h3-9H,2H2,1H3,(H,16,17)(H,18,19). The highest BCUT2D eigenvalue weighted by Crippen LogP contribution is 2.18. The highest BCUT2D eigenvalue weighted by atomic mass is 79.9. The third-order valence-electron chi connectivity index (χ3n) is 2.40. The smallest absolute Gasteiger partial charge is 0.411 e. The molecule has 2 aromatic rings. The molecule has 1 aromatic carbocycles. The number of carbonyl (C=O) groups excluding carboxylic acids is 1. The highest BCUT2D eigenvalue weighted by molar-refractivity contribution is 9.10. The van der Waals surface area contributed by atoms with Gasteiger partial charge in [0.2, 0.25) is 0 Å². The molecule has 2 rings (SSSR count). The fraction of sp³-hybridized carbons (Fsp3) is 0.143. The van der Waals surface area contributed by atoms with Gasteiger partial charge in [-0.25, -0.2) is 9.78 Å². The molecular weight excluding hydrogens is 322 g/mol. The van der Waals surface area contributed by atoms with Crippen molar-refractivity contribution in [3.63, 3.8) is 0 Å². The van der Waals surface area contributed by atoms with Crippen LogP contribution in [0.3, 0.4) is 0 Å². The summed E-state index contributed by atoms with van der Waals surface area (Å²) in [6.07, 6.45) is 1.08. The largest absolute Gasteiger partial charge is 0.450 e. The lowest BCUT2D eigenvalue weighted by molar-refractivity contribution is 0.168. The summed E-state index contributed by atoms with van der Waals surface area (Å²) in [4.78, 5) is 15.5. The summed E-state index contributed by atoms with van der Waals surface area (Å²) in [6, 6.07) is 11.3. The Morgan fingerprint density at radius 2 is 1.90 bits per heavy atom. The molecule has 2 N–H and O–H groups in total. The number of nitrogens with one attached hydrogen (secondary N) is 2. The molecule has 0 atom stereocenters. The summed E-state index contributed by atoms with van der Waals surface area (Å²) in [7, 11) is 0. The monoisotopic (exact) mass is 335 g/mol. The second-order valence-electron chi connectivity index (χ2n) is 3.91. The van der Waals surface area contributed by atoms with Crippen LogP contribution in [-0.2, 0) is 4.74 Å². The van der Waals surface area contributed by atoms with Crippen LogP contribution < -0.4 is 10.6 Å². The van der Waals surface area contributed by atoms with Gasteiger partial charge < -0.3 is 10.1 Å². The molecule has 0 saturated heterocycles. The van der Waals surface area contributed by atoms with E-state index >= 15 is 0 Å². The van der Waals surface area contributed by atoms with Crippen molar-refractivity contribution in [1.82, 2.24) is 4.98 Å². The predicted molar refractivity (Wildman–Crippen MR) is 82.3 cm³/mol. The van der Waals surface area contributed by atoms with Crippen LogP contribution in [-0.4, -0.2) is 17.7 Å². The van der Waals surface area contributed by atoms with E-state index in [1.165, 1.54) is 0 Å². The second-order valence-corrected chi connectivity index (χ2v) is 4.83. The Morgan fingerprint density at radius 3 is 2.50 bits per heavy atom. The highest BCUT2D eigenvalue weighted by Gasteiger charge is 2.02. The molecule has 1 heterocycles. The Labute approximate surface area is 125 Å². The molecule has 0 aliphatic heterocycles. The number of nitrogens with zero attached hydrogens (tertiary/aromatic N) is 1. The Bertz CT molecular complexity index is 570. The van der Waals surface area contributed by atoms with Crippen LogP contribution in [0.5, 0.6) is 0 Å². The first-order valence-corrected chi connectivity index (χ1v) is 6.89. The molecule has 20 heavy (non-hydrogen) atoms. The van der Waals surface area contributed by atoms with Crippen molar-refractivity contribution >= 4 is 39.2 Å². The number of carbonyl (C=O) groups is 1. The van der Waals surface area contributed by atoms with Gasteiger partial charge >= 0.3 is 6.09 Å². The first-order chi connectivity index (χ1) is 9.67. The number of ether oxygens (including phenoxy) is 1. The number of amides is 1. The zero-order chi connectivity index (χ0) is 14.4. The normalized spacial score (nSPS) is 9.90. The second kappa shape index (κ2) is 6.91. The van der Waals surface area contributed by atoms with Gasteiger partial charge in [0.05, 0.1) is 18.5 Å². The van der Waals surface area contributed by atoms with Crippen LogP contribution >= 0.6 is 15.9 Å². The molecule has 0 fully saturated rings. The average Bonchev–Trinajstić information content (AvgIpc) is 2.44. The van der Waals surface area contributed by atoms with Crippen LogP contribution in [0.25, 0.3) is 0 Å². The maximum Gasteiger partial charge on any atom is 0.411 e. The van der Waals surface area contributed by atoms with Crippen LogP contribution in [0.1, 0.15) is 6.92 Å². The van der Waals surface area contributed by atoms with E-state index in [1.807, 2.05) is 24.3 Å². The van der Waals surface area contributed by atoms with E-state index in [2.05, 4.69) is 31.5 Å². The van der Waals surface area contributed by atoms with Gasteiger partial charge in [-0.1, -0.05) is 15.9 Å². The van der Waals surface area contributed by atoms with E-state index in [0.29, 0.717) is 18.1 Å². The maximum atomic E-state index is 11.2. The quantitative estimate of drug-likeness (QED) is 0.880. The van der Waals surface area contributed by atoms with Crippen molar-refractivity contribution in [3.05, 3.63) is 47.1 Å². The zero-order valence-electron chi connectivity index (χ0n) is 10.9. The molecule has 6 heteroatoms. The number of benzene rings is 1. The minimum atomic E-state index is -0.483. The van der Waals surface area contributed by atoms with E-state index in [0.717, 1.165) is 10.2 Å². The van der Waals surface area contributed by atoms with E-state index in [4.69, 9.17) is 4.74 Å². The molecule has 0 aliphatic rings. The molecule has 0 spiro atoms. The Morgan fingerprint density at radius 1 is 1.20 bits per heavy atom. The molecule has 104 valence electrons. The number of aromatic nitrogens is 1. The summed E-state index contributed by atoms with van der Waals surface area (Å²) in [5.74, 6) is 0.696. The summed E-state index contributed by atoms with van der Waals surface area (Å²) < 4.78 is 5.80. The summed E-state index contributed by atoms with van der Waals surface area (Å²) >= 11 is 3.38. The Hall–Kier alpha value is -2.08. The van der Waals surface area contributed by atoms with Crippen molar-refractivity contribution in [2.75, 3.05) is 17.2 Å². The number of rotatable bonds is 4. The van der Waals surface area contributed by atoms with E-state index in [9.17, 15) is 4.79 Å². The van der Waals surface area contributed by atoms with Crippen LogP contribution in [0.2, 0.25) is 0 Å². The van der Waals surface area contributed by atoms with Crippen LogP contribution in [0, 0.1) is 0 Å². The van der Waals surface area contributed by atoms with Gasteiger partial charge in [-0.3, -0.25) is 5.32 Å². The molecule has 0 aliphatic carbocycles. The van der Waals surface area contributed by atoms with Crippen molar-refractivity contribution in [1.29, 1.82) is 0 Å². The molecule has 1 amide bonds. The van der Waals surface area contributed by atoms with Gasteiger partial charge in [0, 0.05) is 10.2 Å². The number of halogens is 1. The fourth-order valence-electron chi connectivity index (χ4n) is 1.51. The predicted octanol–water partition coefficient (Wildman–Crippen LogP) is 4.16. The maximum absolute atomic E-state index is 11.2. The van der Waals surface area contributed by atoms with Crippen LogP contribution in [0.4, 0.5) is 22.0 Å². The van der Waals surface area contributed by atoms with E-state index < -0.39 is 6.09 Å². The molecule has 0 unspecified atom stereocenters. The first kappa shape index (κ1) is 14.3. The van der Waals surface area contributed by atoms with Gasteiger partial charge in [-0.05, 0) is 43.3 Å². The van der Waals surface area contributed by atoms with Gasteiger partial charge in [0.1, 0.15) is 5.82 Å². The summed E-state index contributed by atoms with van der Waals surface area (Å²) in [5.41, 5.74) is 1.52. The van der Waals surface area contributed by atoms with Crippen LogP contribution in [0.15, 0.2) is 47.1 Å². The SMILES string of the molecule is CCOC(=O)Nc1ccc(Nc2ccc(Br)cc2)nc1. The lowest BCUT2D eigenvalue weighted by Gasteiger charge is -2.07. The average molecular weight is 336 g/mol. The summed E-state index contributed by atoms with van der Waals surface area (Å²) in [5, 5.41) is 5.74. The molecule has 5 nitrogen and oxygen atoms in total. The van der Waals surface area contributed by atoms with Crippen molar-refractivity contribution in [2.24, 2.45) is 0 Å². The van der Waals surface area contributed by atoms with Crippen molar-refractivity contribution in [3.8, 4) is 0 Å². The zero-order valence-corrected chi connectivity index (χ0v) is 12.5. The Balaban J connectivity index is 1.97. The molecule has 0 radical (unpaired) electrons. The third kappa shape index (κ3) is 4.24. The fourth-order valence-corrected chi connectivity index (χ4v) is 1.77. The van der Waals surface area contributed by atoms with Gasteiger partial charge in [-0.2, -0.15) is 0 Å². The molecule has 0 bridgehead atoms. The molecule has 0 saturated carbocycles. The lowest BCUT2D eigenvalue weighted by Crippen LogP contribution is -2.13. The number of anilines is 3.